The van der Waals surface area contributed by atoms with E-state index in [0.29, 0.717) is 5.75 Å². The summed E-state index contributed by atoms with van der Waals surface area (Å²) in [6, 6.07) is 4.93. The quantitative estimate of drug-likeness (QED) is 0.857. The highest BCUT2D eigenvalue weighted by molar-refractivity contribution is 5.73. The second-order valence-electron chi connectivity index (χ2n) is 5.43. The molecule has 0 spiro atoms. The number of rotatable bonds is 4. The van der Waals surface area contributed by atoms with Crippen molar-refractivity contribution in [1.82, 2.24) is 0 Å². The molecule has 1 aromatic rings. The molecule has 1 rings (SSSR count). The Balaban J connectivity index is 3.10. The number of carbonyl (C=O) groups is 1. The van der Waals surface area contributed by atoms with Gasteiger partial charge in [-0.3, -0.25) is 4.79 Å². The summed E-state index contributed by atoms with van der Waals surface area (Å²) in [5.41, 5.74) is 7.55. The monoisotopic (exact) mass is 251 g/mol. The molecular weight excluding hydrogens is 230 g/mol. The van der Waals surface area contributed by atoms with Crippen LogP contribution in [-0.2, 0) is 16.6 Å². The Bertz CT molecular complexity index is 435. The molecule has 0 heterocycles. The molecule has 1 atom stereocenters. The molecule has 0 saturated heterocycles. The van der Waals surface area contributed by atoms with Gasteiger partial charge in [0.05, 0.1) is 7.11 Å². The Kier molecular flexibility index (Phi) is 4.35. The van der Waals surface area contributed by atoms with Crippen molar-refractivity contribution in [3.63, 3.8) is 0 Å². The molecule has 3 N–H and O–H groups in total. The minimum atomic E-state index is -1.00. The van der Waals surface area contributed by atoms with Gasteiger partial charge in [0.1, 0.15) is 11.8 Å². The van der Waals surface area contributed by atoms with E-state index in [4.69, 9.17) is 15.6 Å². The van der Waals surface area contributed by atoms with Gasteiger partial charge < -0.3 is 15.6 Å². The SMILES string of the molecule is COc1ccc(C(C)(C)C)cc1C[C@H](N)C(=O)O. The minimum absolute atomic E-state index is 0.00827. The van der Waals surface area contributed by atoms with Crippen molar-refractivity contribution in [2.75, 3.05) is 7.11 Å². The van der Waals surface area contributed by atoms with Gasteiger partial charge in [0, 0.05) is 6.42 Å². The van der Waals surface area contributed by atoms with Crippen LogP contribution in [-0.4, -0.2) is 24.2 Å². The number of carboxylic acid groups (broad SMARTS) is 1. The Labute approximate surface area is 108 Å². The summed E-state index contributed by atoms with van der Waals surface area (Å²) in [6.45, 7) is 6.32. The van der Waals surface area contributed by atoms with Crippen LogP contribution in [0.25, 0.3) is 0 Å². The number of methoxy groups -OCH3 is 1. The van der Waals surface area contributed by atoms with E-state index in [0.717, 1.165) is 11.1 Å². The third kappa shape index (κ3) is 3.47. The van der Waals surface area contributed by atoms with Gasteiger partial charge in [-0.05, 0) is 22.6 Å². The van der Waals surface area contributed by atoms with Crippen molar-refractivity contribution < 1.29 is 14.6 Å². The van der Waals surface area contributed by atoms with Crippen LogP contribution < -0.4 is 10.5 Å². The summed E-state index contributed by atoms with van der Waals surface area (Å²) in [4.78, 5) is 10.8. The highest BCUT2D eigenvalue weighted by Crippen LogP contribution is 2.28. The van der Waals surface area contributed by atoms with Crippen LogP contribution in [0.5, 0.6) is 5.75 Å². The van der Waals surface area contributed by atoms with Gasteiger partial charge >= 0.3 is 5.97 Å². The zero-order valence-electron chi connectivity index (χ0n) is 11.4. The molecular formula is C14H21NO3. The van der Waals surface area contributed by atoms with Gasteiger partial charge in [0.25, 0.3) is 0 Å². The molecule has 0 aliphatic heterocycles. The standard InChI is InChI=1S/C14H21NO3/c1-14(2,3)10-5-6-12(18-4)9(7-10)8-11(15)13(16)17/h5-7,11H,8,15H2,1-4H3,(H,16,17)/t11-/m0/s1. The lowest BCUT2D eigenvalue weighted by Gasteiger charge is -2.21. The molecule has 0 bridgehead atoms. The summed E-state index contributed by atoms with van der Waals surface area (Å²) in [7, 11) is 1.57. The lowest BCUT2D eigenvalue weighted by atomic mass is 9.85. The smallest absolute Gasteiger partial charge is 0.320 e. The first-order valence-electron chi connectivity index (χ1n) is 5.91. The third-order valence-corrected chi connectivity index (χ3v) is 2.90. The van der Waals surface area contributed by atoms with Gasteiger partial charge in [0.15, 0.2) is 0 Å². The first-order chi connectivity index (χ1) is 8.25. The molecule has 0 aromatic heterocycles. The van der Waals surface area contributed by atoms with E-state index in [1.165, 1.54) is 0 Å². The summed E-state index contributed by atoms with van der Waals surface area (Å²) in [5.74, 6) is -0.321. The Morgan fingerprint density at radius 2 is 2.06 bits per heavy atom. The Morgan fingerprint density at radius 3 is 2.50 bits per heavy atom. The zero-order chi connectivity index (χ0) is 13.9. The molecule has 0 fully saturated rings. The first kappa shape index (κ1) is 14.5. The maximum absolute atomic E-state index is 10.8. The van der Waals surface area contributed by atoms with E-state index >= 15 is 0 Å². The average Bonchev–Trinajstić information content (AvgIpc) is 2.27. The number of ether oxygens (including phenoxy) is 1. The second kappa shape index (κ2) is 5.40. The predicted octanol–water partition coefficient (Wildman–Crippen LogP) is 1.95. The number of carboxylic acids is 1. The summed E-state index contributed by atoms with van der Waals surface area (Å²) in [6.07, 6.45) is 0.266. The number of benzene rings is 1. The molecule has 0 radical (unpaired) electrons. The molecule has 0 amide bonds. The lowest BCUT2D eigenvalue weighted by molar-refractivity contribution is -0.138. The van der Waals surface area contributed by atoms with E-state index in [2.05, 4.69) is 20.8 Å². The molecule has 0 aliphatic carbocycles. The maximum atomic E-state index is 10.8. The number of aliphatic carboxylic acids is 1. The van der Waals surface area contributed by atoms with E-state index in [1.54, 1.807) is 7.11 Å². The van der Waals surface area contributed by atoms with Crippen LogP contribution in [0.3, 0.4) is 0 Å². The normalized spacial score (nSPS) is 13.2. The number of hydrogen-bond donors (Lipinski definition) is 2. The third-order valence-electron chi connectivity index (χ3n) is 2.90. The van der Waals surface area contributed by atoms with Crippen LogP contribution in [0.2, 0.25) is 0 Å². The summed E-state index contributed by atoms with van der Waals surface area (Å²) < 4.78 is 5.25. The van der Waals surface area contributed by atoms with E-state index < -0.39 is 12.0 Å². The molecule has 18 heavy (non-hydrogen) atoms. The zero-order valence-corrected chi connectivity index (χ0v) is 11.4. The van der Waals surface area contributed by atoms with Gasteiger partial charge in [-0.15, -0.1) is 0 Å². The van der Waals surface area contributed by atoms with Crippen LogP contribution in [0.1, 0.15) is 31.9 Å². The number of nitrogens with two attached hydrogens (primary N) is 1. The molecule has 0 saturated carbocycles. The molecule has 100 valence electrons. The average molecular weight is 251 g/mol. The van der Waals surface area contributed by atoms with Crippen LogP contribution in [0, 0.1) is 0 Å². The second-order valence-corrected chi connectivity index (χ2v) is 5.43. The van der Waals surface area contributed by atoms with E-state index in [1.807, 2.05) is 18.2 Å². The van der Waals surface area contributed by atoms with Crippen molar-refractivity contribution >= 4 is 5.97 Å². The number of hydrogen-bond acceptors (Lipinski definition) is 3. The van der Waals surface area contributed by atoms with Crippen LogP contribution in [0.4, 0.5) is 0 Å². The summed E-state index contributed by atoms with van der Waals surface area (Å²) in [5, 5.41) is 8.87. The first-order valence-corrected chi connectivity index (χ1v) is 5.91. The molecule has 4 nitrogen and oxygen atoms in total. The predicted molar refractivity (Wildman–Crippen MR) is 71.0 cm³/mol. The fraction of sp³-hybridized carbons (Fsp3) is 0.500. The van der Waals surface area contributed by atoms with Gasteiger partial charge in [-0.1, -0.05) is 32.9 Å². The fourth-order valence-electron chi connectivity index (χ4n) is 1.73. The van der Waals surface area contributed by atoms with E-state index in [9.17, 15) is 4.79 Å². The van der Waals surface area contributed by atoms with Gasteiger partial charge in [-0.25, -0.2) is 0 Å². The topological polar surface area (TPSA) is 72.5 Å². The minimum Gasteiger partial charge on any atom is -0.496 e. The van der Waals surface area contributed by atoms with Crippen LogP contribution in [0.15, 0.2) is 18.2 Å². The van der Waals surface area contributed by atoms with Crippen molar-refractivity contribution in [2.24, 2.45) is 5.73 Å². The largest absolute Gasteiger partial charge is 0.496 e. The van der Waals surface area contributed by atoms with E-state index in [-0.39, 0.29) is 11.8 Å². The molecule has 0 unspecified atom stereocenters. The van der Waals surface area contributed by atoms with Gasteiger partial charge in [-0.2, -0.15) is 0 Å². The lowest BCUT2D eigenvalue weighted by Crippen LogP contribution is -2.32. The highest BCUT2D eigenvalue weighted by Gasteiger charge is 2.19. The van der Waals surface area contributed by atoms with Crippen molar-refractivity contribution in [2.45, 2.75) is 38.6 Å². The maximum Gasteiger partial charge on any atom is 0.320 e. The molecule has 1 aromatic carbocycles. The van der Waals surface area contributed by atoms with Crippen molar-refractivity contribution in [3.8, 4) is 5.75 Å². The summed E-state index contributed by atoms with van der Waals surface area (Å²) >= 11 is 0. The van der Waals surface area contributed by atoms with Crippen molar-refractivity contribution in [1.29, 1.82) is 0 Å². The molecule has 4 heteroatoms. The van der Waals surface area contributed by atoms with Gasteiger partial charge in [0.2, 0.25) is 0 Å². The Morgan fingerprint density at radius 1 is 1.44 bits per heavy atom. The van der Waals surface area contributed by atoms with Crippen molar-refractivity contribution in [3.05, 3.63) is 29.3 Å². The Hall–Kier alpha value is -1.55. The molecule has 0 aliphatic rings. The fourth-order valence-corrected chi connectivity index (χ4v) is 1.73. The highest BCUT2D eigenvalue weighted by atomic mass is 16.5. The van der Waals surface area contributed by atoms with Crippen LogP contribution >= 0.6 is 0 Å².